The second kappa shape index (κ2) is 8.04. The molecule has 0 spiro atoms. The van der Waals surface area contributed by atoms with E-state index in [9.17, 15) is 74.6 Å². The fraction of sp³-hybridized carbons (Fsp3) is 0.571. The van der Waals surface area contributed by atoms with Gasteiger partial charge >= 0.3 is 47.6 Å². The molecule has 192 valence electrons. The highest BCUT2D eigenvalue weighted by atomic mass is 127. The van der Waals surface area contributed by atoms with Gasteiger partial charge in [-0.25, -0.2) is 0 Å². The first-order chi connectivity index (χ1) is 14.2. The Kier molecular flexibility index (Phi) is 7.33. The Morgan fingerprint density at radius 1 is 0.515 bits per heavy atom. The third kappa shape index (κ3) is 3.99. The van der Waals surface area contributed by atoms with Crippen LogP contribution in [0.25, 0.3) is 0 Å². The van der Waals surface area contributed by atoms with E-state index in [0.29, 0.717) is 12.1 Å². The van der Waals surface area contributed by atoms with Crippen LogP contribution in [0.5, 0.6) is 0 Å². The molecule has 0 aliphatic heterocycles. The van der Waals surface area contributed by atoms with Gasteiger partial charge in [-0.15, -0.1) is 0 Å². The topological polar surface area (TPSA) is 0 Å². The molecule has 0 aliphatic rings. The monoisotopic (exact) mass is 656 g/mol. The maximum absolute atomic E-state index is 14.1. The highest BCUT2D eigenvalue weighted by Crippen LogP contribution is 2.65. The van der Waals surface area contributed by atoms with E-state index in [1.165, 1.54) is 0 Å². The number of hydrogen-bond donors (Lipinski definition) is 0. The molecule has 0 unspecified atom stereocenters. The normalized spacial score (nSPS) is 15.7. The van der Waals surface area contributed by atoms with Gasteiger partial charge in [0.2, 0.25) is 0 Å². The number of halogens is 19. The Hall–Kier alpha value is -0.950. The summed E-state index contributed by atoms with van der Waals surface area (Å²) in [5.74, 6) is -56.7. The van der Waals surface area contributed by atoms with Crippen LogP contribution in [0.1, 0.15) is 5.56 Å². The molecule has 1 aromatic rings. The molecule has 1 aromatic carbocycles. The molecule has 19 heteroatoms. The standard InChI is InChI=1S/C14H3ClF17I/c15-4-1-2-6(33)5(3-4)7(16,17)8(18,19)9(20,21)10(22,23)11(24,25)12(26,27)13(28,29)14(30,31)32/h1-3H. The van der Waals surface area contributed by atoms with Gasteiger partial charge in [-0.05, 0) is 40.8 Å². The molecule has 33 heavy (non-hydrogen) atoms. The maximum atomic E-state index is 14.1. The Morgan fingerprint density at radius 2 is 0.848 bits per heavy atom. The van der Waals surface area contributed by atoms with Crippen molar-refractivity contribution in [2.45, 2.75) is 47.6 Å². The lowest BCUT2D eigenvalue weighted by atomic mass is 9.87. The van der Waals surface area contributed by atoms with Crippen molar-refractivity contribution in [3.8, 4) is 0 Å². The van der Waals surface area contributed by atoms with Crippen molar-refractivity contribution >= 4 is 34.2 Å². The quantitative estimate of drug-likeness (QED) is 0.204. The van der Waals surface area contributed by atoms with Gasteiger partial charge < -0.3 is 0 Å². The molecular formula is C14H3ClF17I. The van der Waals surface area contributed by atoms with Crippen LogP contribution in [-0.2, 0) is 5.92 Å². The van der Waals surface area contributed by atoms with Crippen LogP contribution >= 0.6 is 34.2 Å². The molecule has 1 rings (SSSR count). The number of benzene rings is 1. The molecule has 0 radical (unpaired) electrons. The Balaban J connectivity index is 3.78. The molecule has 0 amide bonds. The summed E-state index contributed by atoms with van der Waals surface area (Å²) in [5.41, 5.74) is -2.31. The summed E-state index contributed by atoms with van der Waals surface area (Å²) < 4.78 is 224. The van der Waals surface area contributed by atoms with Gasteiger partial charge in [-0.3, -0.25) is 0 Å². The van der Waals surface area contributed by atoms with Crippen LogP contribution in [0.2, 0.25) is 5.02 Å². The second-order valence-electron chi connectivity index (χ2n) is 6.14. The minimum absolute atomic E-state index is 0.226. The van der Waals surface area contributed by atoms with E-state index in [1.54, 1.807) is 0 Å². The Morgan fingerprint density at radius 3 is 1.21 bits per heavy atom. The van der Waals surface area contributed by atoms with Crippen LogP contribution in [0, 0.1) is 3.57 Å². The molecule has 0 nitrogen and oxygen atoms in total. The van der Waals surface area contributed by atoms with Crippen LogP contribution in [0.3, 0.4) is 0 Å². The van der Waals surface area contributed by atoms with E-state index >= 15 is 0 Å². The zero-order valence-corrected chi connectivity index (χ0v) is 17.3. The van der Waals surface area contributed by atoms with Crippen LogP contribution in [0.4, 0.5) is 74.6 Å². The van der Waals surface area contributed by atoms with Crippen molar-refractivity contribution < 1.29 is 74.6 Å². The van der Waals surface area contributed by atoms with Crippen molar-refractivity contribution in [1.82, 2.24) is 0 Å². The summed E-state index contributed by atoms with van der Waals surface area (Å²) in [4.78, 5) is 0. The van der Waals surface area contributed by atoms with Crippen molar-refractivity contribution in [1.29, 1.82) is 0 Å². The first-order valence-electron chi connectivity index (χ1n) is 7.33. The summed E-state index contributed by atoms with van der Waals surface area (Å²) in [7, 11) is 0. The van der Waals surface area contributed by atoms with Gasteiger partial charge in [0, 0.05) is 14.2 Å². The molecule has 0 N–H and O–H groups in total. The molecule has 0 bridgehead atoms. The van der Waals surface area contributed by atoms with Crippen molar-refractivity contribution in [2.24, 2.45) is 0 Å². The smallest absolute Gasteiger partial charge is 0.194 e. The summed E-state index contributed by atoms with van der Waals surface area (Å²) >= 11 is 5.92. The van der Waals surface area contributed by atoms with Gasteiger partial charge in [0.1, 0.15) is 0 Å². The fourth-order valence-electron chi connectivity index (χ4n) is 2.07. The number of rotatable bonds is 7. The van der Waals surface area contributed by atoms with Gasteiger partial charge in [0.25, 0.3) is 0 Å². The fourth-order valence-corrected chi connectivity index (χ4v) is 2.92. The SMILES string of the molecule is FC(F)(F)C(F)(F)C(F)(F)C(F)(F)C(F)(F)C(F)(F)C(F)(F)C(F)(F)c1cc(Cl)ccc1I. The van der Waals surface area contributed by atoms with E-state index in [2.05, 4.69) is 0 Å². The van der Waals surface area contributed by atoms with Crippen LogP contribution in [0.15, 0.2) is 18.2 Å². The third-order valence-electron chi connectivity index (χ3n) is 3.99. The molecule has 0 saturated heterocycles. The lowest BCUT2D eigenvalue weighted by Gasteiger charge is -2.43. The largest absolute Gasteiger partial charge is 0.460 e. The van der Waals surface area contributed by atoms with E-state index in [4.69, 9.17) is 11.6 Å². The predicted molar refractivity (Wildman–Crippen MR) is 83.8 cm³/mol. The summed E-state index contributed by atoms with van der Waals surface area (Å²) in [6, 6.07) is 0.878. The molecule has 0 atom stereocenters. The zero-order chi connectivity index (χ0) is 26.9. The average molecular weight is 657 g/mol. The summed E-state index contributed by atoms with van der Waals surface area (Å²) in [6.45, 7) is 0. The van der Waals surface area contributed by atoms with E-state index in [1.807, 2.05) is 0 Å². The highest BCUT2D eigenvalue weighted by Gasteiger charge is 2.95. The first-order valence-corrected chi connectivity index (χ1v) is 8.79. The predicted octanol–water partition coefficient (Wildman–Crippen LogP) is 8.41. The Labute approximate surface area is 189 Å². The van der Waals surface area contributed by atoms with Crippen LogP contribution < -0.4 is 0 Å². The second-order valence-corrected chi connectivity index (χ2v) is 7.74. The molecule has 0 fully saturated rings. The molecule has 0 aromatic heterocycles. The van der Waals surface area contributed by atoms with E-state index in [-0.39, 0.29) is 6.07 Å². The minimum Gasteiger partial charge on any atom is -0.194 e. The average Bonchev–Trinajstić information content (AvgIpc) is 2.61. The van der Waals surface area contributed by atoms with Gasteiger partial charge in [-0.2, -0.15) is 74.6 Å². The third-order valence-corrected chi connectivity index (χ3v) is 5.16. The minimum atomic E-state index is -8.65. The van der Waals surface area contributed by atoms with Gasteiger partial charge in [0.05, 0.1) is 0 Å². The lowest BCUT2D eigenvalue weighted by molar-refractivity contribution is -0.462. The molecule has 0 heterocycles. The molecule has 0 saturated carbocycles. The van der Waals surface area contributed by atoms with Crippen molar-refractivity contribution in [2.75, 3.05) is 0 Å². The van der Waals surface area contributed by atoms with Crippen molar-refractivity contribution in [3.05, 3.63) is 32.4 Å². The van der Waals surface area contributed by atoms with Crippen LogP contribution in [-0.4, -0.2) is 41.7 Å². The highest BCUT2D eigenvalue weighted by molar-refractivity contribution is 14.1. The molecular weight excluding hydrogens is 653 g/mol. The van der Waals surface area contributed by atoms with E-state index < -0.39 is 61.8 Å². The number of alkyl halides is 17. The molecule has 0 aliphatic carbocycles. The van der Waals surface area contributed by atoms with E-state index in [0.717, 1.165) is 22.6 Å². The lowest BCUT2D eigenvalue weighted by Crippen LogP contribution is -2.74. The summed E-state index contributed by atoms with van der Waals surface area (Å²) in [5, 5.41) is -0.919. The zero-order valence-electron chi connectivity index (χ0n) is 14.4. The first kappa shape index (κ1) is 30.1. The van der Waals surface area contributed by atoms with Gasteiger partial charge in [-0.1, -0.05) is 11.6 Å². The number of hydrogen-bond acceptors (Lipinski definition) is 0. The summed E-state index contributed by atoms with van der Waals surface area (Å²) in [6.07, 6.45) is -7.78. The maximum Gasteiger partial charge on any atom is 0.460 e. The Bertz CT molecular complexity index is 888. The van der Waals surface area contributed by atoms with Gasteiger partial charge in [0.15, 0.2) is 0 Å². The van der Waals surface area contributed by atoms with Crippen molar-refractivity contribution in [3.63, 3.8) is 0 Å².